The summed E-state index contributed by atoms with van der Waals surface area (Å²) >= 11 is 1.60. The lowest BCUT2D eigenvalue weighted by Gasteiger charge is -2.38. The molecule has 0 saturated carbocycles. The topological polar surface area (TPSA) is 72.4 Å². The molecule has 3 rings (SSSR count). The molecule has 0 spiro atoms. The van der Waals surface area contributed by atoms with Crippen LogP contribution >= 0.6 is 36.2 Å². The van der Waals surface area contributed by atoms with Crippen molar-refractivity contribution >= 4 is 42.1 Å². The van der Waals surface area contributed by atoms with E-state index in [2.05, 4.69) is 4.98 Å². The Balaban J connectivity index is 0.00000156. The van der Waals surface area contributed by atoms with E-state index < -0.39 is 0 Å². The highest BCUT2D eigenvalue weighted by Crippen LogP contribution is 2.25. The number of likely N-dealkylation sites (tertiary alicyclic amines) is 1. The maximum Gasteiger partial charge on any atom is 0.229 e. The molecule has 25 heavy (non-hydrogen) atoms. The molecule has 1 aliphatic heterocycles. The molecule has 1 fully saturated rings. The standard InChI is InChI=1S/C17H23N3O2S.2ClH/c1-11(18)15-5-3-4-7-20(15)16(21)9-14-12(2)22-17(19-14)13-6-8-23-10-13;;/h6,8,10-11,15H,3-5,7,9,18H2,1-2H3;2*1H. The molecule has 1 amide bonds. The van der Waals surface area contributed by atoms with Crippen LogP contribution in [-0.4, -0.2) is 34.4 Å². The molecule has 1 aliphatic rings. The summed E-state index contributed by atoms with van der Waals surface area (Å²) in [4.78, 5) is 19.2. The molecule has 2 unspecified atom stereocenters. The van der Waals surface area contributed by atoms with Crippen molar-refractivity contribution in [2.45, 2.75) is 51.6 Å². The molecule has 0 aromatic carbocycles. The van der Waals surface area contributed by atoms with Crippen LogP contribution < -0.4 is 5.73 Å². The van der Waals surface area contributed by atoms with E-state index in [0.29, 0.717) is 11.7 Å². The van der Waals surface area contributed by atoms with Crippen LogP contribution in [-0.2, 0) is 11.2 Å². The minimum absolute atomic E-state index is 0. The quantitative estimate of drug-likeness (QED) is 0.838. The van der Waals surface area contributed by atoms with Crippen molar-refractivity contribution in [2.24, 2.45) is 5.73 Å². The third kappa shape index (κ3) is 4.97. The van der Waals surface area contributed by atoms with Gasteiger partial charge in [0.25, 0.3) is 0 Å². The molecule has 1 saturated heterocycles. The second-order valence-electron chi connectivity index (χ2n) is 6.22. The molecule has 0 bridgehead atoms. The minimum Gasteiger partial charge on any atom is -0.441 e. The summed E-state index contributed by atoms with van der Waals surface area (Å²) in [6.45, 7) is 4.64. The fourth-order valence-electron chi connectivity index (χ4n) is 3.16. The smallest absolute Gasteiger partial charge is 0.229 e. The highest BCUT2D eigenvalue weighted by Gasteiger charge is 2.30. The van der Waals surface area contributed by atoms with Gasteiger partial charge < -0.3 is 15.1 Å². The number of rotatable bonds is 4. The van der Waals surface area contributed by atoms with Crippen LogP contribution in [0.5, 0.6) is 0 Å². The van der Waals surface area contributed by atoms with Crippen LogP contribution in [0.1, 0.15) is 37.6 Å². The average molecular weight is 406 g/mol. The minimum atomic E-state index is -0.000904. The lowest BCUT2D eigenvalue weighted by Crippen LogP contribution is -2.52. The predicted octanol–water partition coefficient (Wildman–Crippen LogP) is 3.83. The first-order valence-electron chi connectivity index (χ1n) is 8.10. The Morgan fingerprint density at radius 3 is 2.88 bits per heavy atom. The third-order valence-corrected chi connectivity index (χ3v) is 5.14. The Kier molecular flexibility index (Phi) is 8.41. The van der Waals surface area contributed by atoms with Crippen LogP contribution in [0.15, 0.2) is 21.2 Å². The Labute approximate surface area is 164 Å². The molecule has 2 aromatic heterocycles. The Morgan fingerprint density at radius 2 is 2.24 bits per heavy atom. The van der Waals surface area contributed by atoms with Crippen molar-refractivity contribution in [1.82, 2.24) is 9.88 Å². The third-order valence-electron chi connectivity index (χ3n) is 4.46. The van der Waals surface area contributed by atoms with Gasteiger partial charge in [-0.05, 0) is 44.6 Å². The zero-order valence-corrected chi connectivity index (χ0v) is 16.9. The summed E-state index contributed by atoms with van der Waals surface area (Å²) in [6.07, 6.45) is 3.46. The highest BCUT2D eigenvalue weighted by atomic mass is 35.5. The van der Waals surface area contributed by atoms with E-state index in [0.717, 1.165) is 37.1 Å². The first kappa shape index (κ1) is 22.0. The number of piperidine rings is 1. The summed E-state index contributed by atoms with van der Waals surface area (Å²) < 4.78 is 5.72. The lowest BCUT2D eigenvalue weighted by molar-refractivity contribution is -0.134. The number of aryl methyl sites for hydroxylation is 1. The molecule has 3 heterocycles. The van der Waals surface area contributed by atoms with Gasteiger partial charge in [0.1, 0.15) is 5.76 Å². The van der Waals surface area contributed by atoms with Gasteiger partial charge in [-0.3, -0.25) is 4.79 Å². The summed E-state index contributed by atoms with van der Waals surface area (Å²) in [5.41, 5.74) is 7.75. The average Bonchev–Trinajstić information content (AvgIpc) is 3.17. The van der Waals surface area contributed by atoms with E-state index in [1.54, 1.807) is 11.3 Å². The zero-order chi connectivity index (χ0) is 16.4. The molecule has 2 atom stereocenters. The van der Waals surface area contributed by atoms with Gasteiger partial charge in [0, 0.05) is 29.6 Å². The van der Waals surface area contributed by atoms with Gasteiger partial charge in [-0.15, -0.1) is 24.8 Å². The monoisotopic (exact) mass is 405 g/mol. The lowest BCUT2D eigenvalue weighted by atomic mass is 9.96. The van der Waals surface area contributed by atoms with E-state index in [9.17, 15) is 4.79 Å². The highest BCUT2D eigenvalue weighted by molar-refractivity contribution is 7.08. The molecule has 0 aliphatic carbocycles. The molecular weight excluding hydrogens is 381 g/mol. The molecule has 8 heteroatoms. The second kappa shape index (κ2) is 9.57. The number of nitrogens with two attached hydrogens (primary N) is 1. The van der Waals surface area contributed by atoms with Gasteiger partial charge in [0.2, 0.25) is 11.8 Å². The number of oxazole rings is 1. The molecule has 5 nitrogen and oxygen atoms in total. The van der Waals surface area contributed by atoms with E-state index in [-0.39, 0.29) is 49.2 Å². The zero-order valence-electron chi connectivity index (χ0n) is 14.4. The number of hydrogen-bond acceptors (Lipinski definition) is 5. The van der Waals surface area contributed by atoms with Crippen LogP contribution in [0, 0.1) is 6.92 Å². The SMILES string of the molecule is Cc1oc(-c2ccsc2)nc1CC(=O)N1CCCCC1C(C)N.Cl.Cl. The maximum atomic E-state index is 12.7. The number of carbonyl (C=O) groups excluding carboxylic acids is 1. The van der Waals surface area contributed by atoms with Crippen molar-refractivity contribution in [3.8, 4) is 11.5 Å². The van der Waals surface area contributed by atoms with Crippen LogP contribution in [0.3, 0.4) is 0 Å². The number of amides is 1. The predicted molar refractivity (Wildman–Crippen MR) is 106 cm³/mol. The van der Waals surface area contributed by atoms with Crippen molar-refractivity contribution in [1.29, 1.82) is 0 Å². The number of thiophene rings is 1. The van der Waals surface area contributed by atoms with Gasteiger partial charge in [0.15, 0.2) is 0 Å². The maximum absolute atomic E-state index is 12.7. The van der Waals surface area contributed by atoms with E-state index in [4.69, 9.17) is 10.2 Å². The Hall–Kier alpha value is -1.08. The first-order chi connectivity index (χ1) is 11.1. The molecule has 2 aromatic rings. The number of nitrogens with zero attached hydrogens (tertiary/aromatic N) is 2. The van der Waals surface area contributed by atoms with Gasteiger partial charge >= 0.3 is 0 Å². The second-order valence-corrected chi connectivity index (χ2v) is 7.00. The Bertz CT molecular complexity index is 673. The largest absolute Gasteiger partial charge is 0.441 e. The molecular formula is C17H25Cl2N3O2S. The molecule has 140 valence electrons. The van der Waals surface area contributed by atoms with Crippen molar-refractivity contribution in [3.05, 3.63) is 28.3 Å². The van der Waals surface area contributed by atoms with Crippen LogP contribution in [0.4, 0.5) is 0 Å². The molecule has 0 radical (unpaired) electrons. The summed E-state index contributed by atoms with van der Waals surface area (Å²) in [5.74, 6) is 1.41. The summed E-state index contributed by atoms with van der Waals surface area (Å²) in [6, 6.07) is 2.11. The van der Waals surface area contributed by atoms with Gasteiger partial charge in [-0.2, -0.15) is 11.3 Å². The van der Waals surface area contributed by atoms with E-state index in [1.807, 2.05) is 35.6 Å². The van der Waals surface area contributed by atoms with Gasteiger partial charge in [-0.1, -0.05) is 0 Å². The number of hydrogen-bond donors (Lipinski definition) is 1. The van der Waals surface area contributed by atoms with Gasteiger partial charge in [0.05, 0.1) is 12.1 Å². The number of aromatic nitrogens is 1. The fourth-order valence-corrected chi connectivity index (χ4v) is 3.79. The summed E-state index contributed by atoms with van der Waals surface area (Å²) in [5, 5.41) is 3.98. The number of carbonyl (C=O) groups is 1. The van der Waals surface area contributed by atoms with Crippen molar-refractivity contribution < 1.29 is 9.21 Å². The van der Waals surface area contributed by atoms with Crippen molar-refractivity contribution in [3.63, 3.8) is 0 Å². The van der Waals surface area contributed by atoms with Crippen LogP contribution in [0.2, 0.25) is 0 Å². The van der Waals surface area contributed by atoms with Gasteiger partial charge in [-0.25, -0.2) is 4.98 Å². The van der Waals surface area contributed by atoms with Crippen molar-refractivity contribution in [2.75, 3.05) is 6.54 Å². The van der Waals surface area contributed by atoms with E-state index >= 15 is 0 Å². The summed E-state index contributed by atoms with van der Waals surface area (Å²) in [7, 11) is 0. The van der Waals surface area contributed by atoms with E-state index in [1.165, 1.54) is 0 Å². The number of halogens is 2. The molecule has 2 N–H and O–H groups in total. The normalized spacial score (nSPS) is 18.2. The van der Waals surface area contributed by atoms with Crippen LogP contribution in [0.25, 0.3) is 11.5 Å². The fraction of sp³-hybridized carbons (Fsp3) is 0.529. The Morgan fingerprint density at radius 1 is 1.48 bits per heavy atom. The first-order valence-corrected chi connectivity index (χ1v) is 9.04.